The van der Waals surface area contributed by atoms with Crippen LogP contribution in [0, 0.1) is 6.92 Å². The Kier molecular flexibility index (Phi) is 5.29. The van der Waals surface area contributed by atoms with Crippen molar-refractivity contribution in [1.82, 2.24) is 4.98 Å². The first kappa shape index (κ1) is 20.4. The predicted octanol–water partition coefficient (Wildman–Crippen LogP) is 5.07. The van der Waals surface area contributed by atoms with Gasteiger partial charge >= 0.3 is 12.1 Å². The Bertz CT molecular complexity index is 959. The summed E-state index contributed by atoms with van der Waals surface area (Å²) in [5, 5.41) is 3.55. The van der Waals surface area contributed by atoms with Crippen LogP contribution in [-0.4, -0.2) is 30.0 Å². The van der Waals surface area contributed by atoms with Crippen molar-refractivity contribution in [1.29, 1.82) is 0 Å². The Morgan fingerprint density at radius 2 is 1.96 bits per heavy atom. The molecule has 5 nitrogen and oxygen atoms in total. The predicted molar refractivity (Wildman–Crippen MR) is 96.7 cm³/mol. The zero-order valence-corrected chi connectivity index (χ0v) is 16.1. The number of rotatable bonds is 3. The normalized spacial score (nSPS) is 19.2. The van der Waals surface area contributed by atoms with E-state index in [1.54, 1.807) is 13.0 Å². The Hall–Kier alpha value is -2.32. The molecule has 0 aliphatic carbocycles. The highest BCUT2D eigenvalue weighted by atomic mass is 35.5. The van der Waals surface area contributed by atoms with Crippen LogP contribution in [0.15, 0.2) is 35.5 Å². The number of hydrogen-bond donors (Lipinski definition) is 0. The molecule has 0 amide bonds. The van der Waals surface area contributed by atoms with E-state index in [0.29, 0.717) is 5.56 Å². The number of halogens is 5. The van der Waals surface area contributed by atoms with Crippen LogP contribution in [0.2, 0.25) is 10.2 Å². The third kappa shape index (κ3) is 3.54. The first-order chi connectivity index (χ1) is 13.1. The number of aromatic nitrogens is 1. The number of carbonyl (C=O) groups excluding carboxylic acids is 1. The van der Waals surface area contributed by atoms with Gasteiger partial charge in [-0.25, -0.2) is 9.78 Å². The standard InChI is InChI=1S/C18H13Cl2F3N2O3/c1-9-5-10(7-11(19)6-9)17(18(21,22)23)8-14(25-28-17)13-4-3-12(15(20)24-13)16(26)27-2/h3-7H,8H2,1-2H3. The molecule has 1 atom stereocenters. The van der Waals surface area contributed by atoms with Crippen molar-refractivity contribution in [3.05, 3.63) is 62.9 Å². The Morgan fingerprint density at radius 1 is 1.25 bits per heavy atom. The van der Waals surface area contributed by atoms with Crippen molar-refractivity contribution in [2.45, 2.75) is 25.1 Å². The smallest absolute Gasteiger partial charge is 0.435 e. The lowest BCUT2D eigenvalue weighted by molar-refractivity contribution is -0.275. The maximum atomic E-state index is 14.0. The van der Waals surface area contributed by atoms with Gasteiger partial charge in [0.05, 0.1) is 24.8 Å². The number of esters is 1. The molecule has 1 unspecified atom stereocenters. The van der Waals surface area contributed by atoms with Gasteiger partial charge in [0, 0.05) is 10.6 Å². The molecular formula is C18H13Cl2F3N2O3. The van der Waals surface area contributed by atoms with Crippen molar-refractivity contribution >= 4 is 34.9 Å². The van der Waals surface area contributed by atoms with Gasteiger partial charge in [-0.2, -0.15) is 13.2 Å². The molecule has 0 saturated heterocycles. The van der Waals surface area contributed by atoms with Gasteiger partial charge in [0.25, 0.3) is 5.60 Å². The van der Waals surface area contributed by atoms with Gasteiger partial charge in [0.1, 0.15) is 10.9 Å². The van der Waals surface area contributed by atoms with Crippen LogP contribution in [0.5, 0.6) is 0 Å². The number of aryl methyl sites for hydroxylation is 1. The molecule has 0 fully saturated rings. The maximum Gasteiger partial charge on any atom is 0.435 e. The topological polar surface area (TPSA) is 60.8 Å². The number of carbonyl (C=O) groups is 1. The minimum atomic E-state index is -4.77. The van der Waals surface area contributed by atoms with Crippen LogP contribution in [0.4, 0.5) is 13.2 Å². The fourth-order valence-corrected chi connectivity index (χ4v) is 3.39. The highest BCUT2D eigenvalue weighted by molar-refractivity contribution is 6.32. The summed E-state index contributed by atoms with van der Waals surface area (Å²) in [6, 6.07) is 6.71. The average Bonchev–Trinajstić information content (AvgIpc) is 3.07. The second-order valence-electron chi connectivity index (χ2n) is 6.17. The third-order valence-corrected chi connectivity index (χ3v) is 4.75. The van der Waals surface area contributed by atoms with Crippen LogP contribution in [-0.2, 0) is 15.2 Å². The van der Waals surface area contributed by atoms with Crippen LogP contribution in [0.1, 0.15) is 33.6 Å². The van der Waals surface area contributed by atoms with Crippen molar-refractivity contribution in [3.8, 4) is 0 Å². The Balaban J connectivity index is 2.00. The molecule has 0 bridgehead atoms. The van der Waals surface area contributed by atoms with E-state index in [1.807, 2.05) is 0 Å². The summed E-state index contributed by atoms with van der Waals surface area (Å²) >= 11 is 11.9. The molecule has 1 aliphatic rings. The van der Waals surface area contributed by atoms with Crippen molar-refractivity contribution in [3.63, 3.8) is 0 Å². The van der Waals surface area contributed by atoms with Crippen LogP contribution in [0.3, 0.4) is 0 Å². The molecule has 1 aromatic heterocycles. The van der Waals surface area contributed by atoms with E-state index in [1.165, 1.54) is 31.4 Å². The van der Waals surface area contributed by atoms with Crippen LogP contribution < -0.4 is 0 Å². The number of nitrogens with zero attached hydrogens (tertiary/aromatic N) is 2. The number of methoxy groups -OCH3 is 1. The Morgan fingerprint density at radius 3 is 2.54 bits per heavy atom. The lowest BCUT2D eigenvalue weighted by Crippen LogP contribution is -2.42. The highest BCUT2D eigenvalue weighted by Crippen LogP contribution is 2.49. The quantitative estimate of drug-likeness (QED) is 0.501. The van der Waals surface area contributed by atoms with Crippen LogP contribution in [0.25, 0.3) is 0 Å². The van der Waals surface area contributed by atoms with Gasteiger partial charge in [0.2, 0.25) is 0 Å². The summed E-state index contributed by atoms with van der Waals surface area (Å²) in [6.45, 7) is 1.63. The summed E-state index contributed by atoms with van der Waals surface area (Å²) in [4.78, 5) is 20.5. The summed E-state index contributed by atoms with van der Waals surface area (Å²) < 4.78 is 46.6. The van der Waals surface area contributed by atoms with Gasteiger partial charge < -0.3 is 9.57 Å². The first-order valence-electron chi connectivity index (χ1n) is 7.92. The molecule has 1 aromatic carbocycles. The SMILES string of the molecule is COC(=O)c1ccc(C2=NOC(c3cc(C)cc(Cl)c3)(C(F)(F)F)C2)nc1Cl. The van der Waals surface area contributed by atoms with Gasteiger partial charge in [-0.15, -0.1) is 0 Å². The second kappa shape index (κ2) is 7.25. The zero-order chi connectivity index (χ0) is 20.7. The molecular weight excluding hydrogens is 420 g/mol. The van der Waals surface area contributed by atoms with E-state index in [9.17, 15) is 18.0 Å². The molecule has 0 N–H and O–H groups in total. The van der Waals surface area contributed by atoms with Crippen molar-refractivity contribution in [2.24, 2.45) is 5.16 Å². The molecule has 3 rings (SSSR count). The molecule has 1 aliphatic heterocycles. The van der Waals surface area contributed by atoms with E-state index in [0.717, 1.165) is 0 Å². The molecule has 2 heterocycles. The molecule has 0 radical (unpaired) electrons. The summed E-state index contributed by atoms with van der Waals surface area (Å²) in [5.41, 5.74) is -2.34. The Labute approximate surface area is 168 Å². The maximum absolute atomic E-state index is 14.0. The lowest BCUT2D eigenvalue weighted by atomic mass is 9.86. The molecule has 148 valence electrons. The number of hydrogen-bond acceptors (Lipinski definition) is 5. The average molecular weight is 433 g/mol. The molecule has 0 saturated carbocycles. The lowest BCUT2D eigenvalue weighted by Gasteiger charge is -2.29. The van der Waals surface area contributed by atoms with Gasteiger partial charge in [-0.3, -0.25) is 0 Å². The fraction of sp³-hybridized carbons (Fsp3) is 0.278. The van der Waals surface area contributed by atoms with E-state index >= 15 is 0 Å². The number of pyridine rings is 1. The summed E-state index contributed by atoms with van der Waals surface area (Å²) in [5.74, 6) is -0.715. The van der Waals surface area contributed by atoms with E-state index in [4.69, 9.17) is 28.0 Å². The molecule has 0 spiro atoms. The molecule has 10 heteroatoms. The third-order valence-electron chi connectivity index (χ3n) is 4.24. The molecule has 2 aromatic rings. The number of benzene rings is 1. The number of alkyl halides is 3. The van der Waals surface area contributed by atoms with Gasteiger partial charge in [-0.1, -0.05) is 34.4 Å². The van der Waals surface area contributed by atoms with Gasteiger partial charge in [-0.05, 0) is 36.8 Å². The minimum Gasteiger partial charge on any atom is -0.465 e. The monoisotopic (exact) mass is 432 g/mol. The minimum absolute atomic E-state index is 0.0139. The van der Waals surface area contributed by atoms with E-state index in [-0.39, 0.29) is 32.7 Å². The van der Waals surface area contributed by atoms with E-state index in [2.05, 4.69) is 14.9 Å². The van der Waals surface area contributed by atoms with Crippen molar-refractivity contribution < 1.29 is 27.5 Å². The largest absolute Gasteiger partial charge is 0.465 e. The summed E-state index contributed by atoms with van der Waals surface area (Å²) in [7, 11) is 1.17. The molecule has 28 heavy (non-hydrogen) atoms. The van der Waals surface area contributed by atoms with E-state index < -0.39 is 24.2 Å². The van der Waals surface area contributed by atoms with Crippen molar-refractivity contribution in [2.75, 3.05) is 7.11 Å². The summed E-state index contributed by atoms with van der Waals surface area (Å²) in [6.07, 6.45) is -5.40. The highest BCUT2D eigenvalue weighted by Gasteiger charge is 2.62. The fourth-order valence-electron chi connectivity index (χ4n) is 2.87. The number of oxime groups is 1. The number of ether oxygens (including phenoxy) is 1. The second-order valence-corrected chi connectivity index (χ2v) is 6.97. The van der Waals surface area contributed by atoms with Gasteiger partial charge in [0.15, 0.2) is 0 Å². The zero-order valence-electron chi connectivity index (χ0n) is 14.6. The van der Waals surface area contributed by atoms with Crippen LogP contribution >= 0.6 is 23.2 Å². The first-order valence-corrected chi connectivity index (χ1v) is 8.67.